The summed E-state index contributed by atoms with van der Waals surface area (Å²) in [6.45, 7) is 8.95. The maximum atomic E-state index is 6.18. The van der Waals surface area contributed by atoms with Gasteiger partial charge in [0, 0.05) is 16.6 Å². The van der Waals surface area contributed by atoms with E-state index in [1.54, 1.807) is 6.07 Å². The Morgan fingerprint density at radius 3 is 2.41 bits per heavy atom. The van der Waals surface area contributed by atoms with Gasteiger partial charge in [-0.15, -0.1) is 0 Å². The highest BCUT2D eigenvalue weighted by Gasteiger charge is 2.24. The molecule has 0 fully saturated rings. The molecule has 1 unspecified atom stereocenters. The van der Waals surface area contributed by atoms with E-state index >= 15 is 0 Å². The molecule has 1 aromatic heterocycles. The molecule has 0 aliphatic heterocycles. The molecule has 2 aromatic rings. The van der Waals surface area contributed by atoms with Crippen LogP contribution < -0.4 is 0 Å². The molecule has 17 heavy (non-hydrogen) atoms. The first-order chi connectivity index (χ1) is 7.80. The Kier molecular flexibility index (Phi) is 3.17. The lowest BCUT2D eigenvalue weighted by Gasteiger charge is -2.27. The Balaban J connectivity index is 2.64. The standard InChI is InChI=1S/C14H17Cl2N/c1-8(14(2,3)4)11-7-17-13-10(11)5-9(15)6-12(13)16/h5-8,17H,1-4H3. The van der Waals surface area contributed by atoms with Crippen molar-refractivity contribution in [1.29, 1.82) is 0 Å². The summed E-state index contributed by atoms with van der Waals surface area (Å²) in [5.74, 6) is 0.436. The first-order valence-corrected chi connectivity index (χ1v) is 6.52. The number of H-pyrrole nitrogens is 1. The van der Waals surface area contributed by atoms with Gasteiger partial charge in [0.2, 0.25) is 0 Å². The van der Waals surface area contributed by atoms with Crippen molar-refractivity contribution in [3.8, 4) is 0 Å². The molecule has 1 nitrogen and oxygen atoms in total. The third-order valence-electron chi connectivity index (χ3n) is 3.50. The topological polar surface area (TPSA) is 15.8 Å². The van der Waals surface area contributed by atoms with Gasteiger partial charge in [0.05, 0.1) is 10.5 Å². The van der Waals surface area contributed by atoms with Crippen LogP contribution in [0.2, 0.25) is 10.0 Å². The fourth-order valence-corrected chi connectivity index (χ4v) is 2.55. The van der Waals surface area contributed by atoms with Gasteiger partial charge in [-0.25, -0.2) is 0 Å². The summed E-state index contributed by atoms with van der Waals surface area (Å²) in [6.07, 6.45) is 2.04. The van der Waals surface area contributed by atoms with Gasteiger partial charge < -0.3 is 4.98 Å². The largest absolute Gasteiger partial charge is 0.360 e. The molecular formula is C14H17Cl2N. The smallest absolute Gasteiger partial charge is 0.0661 e. The van der Waals surface area contributed by atoms with Crippen molar-refractivity contribution in [1.82, 2.24) is 4.98 Å². The van der Waals surface area contributed by atoms with Crippen molar-refractivity contribution >= 4 is 34.1 Å². The third kappa shape index (κ3) is 2.31. The predicted octanol–water partition coefficient (Wildman–Crippen LogP) is 5.62. The maximum Gasteiger partial charge on any atom is 0.0661 e. The molecule has 1 aromatic carbocycles. The van der Waals surface area contributed by atoms with Crippen LogP contribution in [-0.2, 0) is 0 Å². The molecule has 0 amide bonds. The van der Waals surface area contributed by atoms with Crippen molar-refractivity contribution in [3.05, 3.63) is 33.9 Å². The molecule has 0 saturated heterocycles. The number of aromatic nitrogens is 1. The van der Waals surface area contributed by atoms with Crippen molar-refractivity contribution in [2.24, 2.45) is 5.41 Å². The minimum absolute atomic E-state index is 0.212. The molecule has 92 valence electrons. The number of benzene rings is 1. The van der Waals surface area contributed by atoms with E-state index in [1.807, 2.05) is 12.3 Å². The predicted molar refractivity (Wildman–Crippen MR) is 76.2 cm³/mol. The second-order valence-corrected chi connectivity index (χ2v) is 6.49. The van der Waals surface area contributed by atoms with Gasteiger partial charge in [0.15, 0.2) is 0 Å². The number of halogens is 2. The Labute approximate surface area is 112 Å². The summed E-state index contributed by atoms with van der Waals surface area (Å²) in [7, 11) is 0. The molecule has 0 aliphatic carbocycles. The van der Waals surface area contributed by atoms with Gasteiger partial charge in [-0.2, -0.15) is 0 Å². The Morgan fingerprint density at radius 1 is 1.18 bits per heavy atom. The first-order valence-electron chi connectivity index (χ1n) is 5.76. The number of hydrogen-bond acceptors (Lipinski definition) is 0. The summed E-state index contributed by atoms with van der Waals surface area (Å²) in [4.78, 5) is 3.25. The monoisotopic (exact) mass is 269 g/mol. The molecule has 3 heteroatoms. The normalized spacial score (nSPS) is 14.2. The van der Waals surface area contributed by atoms with E-state index in [2.05, 4.69) is 32.7 Å². The van der Waals surface area contributed by atoms with E-state index in [0.717, 1.165) is 10.9 Å². The fraction of sp³-hybridized carbons (Fsp3) is 0.429. The summed E-state index contributed by atoms with van der Waals surface area (Å²) >= 11 is 12.3. The molecular weight excluding hydrogens is 253 g/mol. The van der Waals surface area contributed by atoms with Crippen LogP contribution in [-0.4, -0.2) is 4.98 Å². The fourth-order valence-electron chi connectivity index (χ4n) is 2.00. The average molecular weight is 270 g/mol. The van der Waals surface area contributed by atoms with Crippen molar-refractivity contribution in [3.63, 3.8) is 0 Å². The van der Waals surface area contributed by atoms with E-state index in [0.29, 0.717) is 16.0 Å². The van der Waals surface area contributed by atoms with Crippen LogP contribution in [0, 0.1) is 5.41 Å². The van der Waals surface area contributed by atoms with Crippen LogP contribution >= 0.6 is 23.2 Å². The van der Waals surface area contributed by atoms with Crippen LogP contribution in [0.1, 0.15) is 39.2 Å². The number of fused-ring (bicyclic) bond motifs is 1. The quantitative estimate of drug-likeness (QED) is 0.691. The Morgan fingerprint density at radius 2 is 1.82 bits per heavy atom. The Bertz CT molecular complexity index is 549. The van der Waals surface area contributed by atoms with Gasteiger partial charge >= 0.3 is 0 Å². The highest BCUT2D eigenvalue weighted by atomic mass is 35.5. The lowest BCUT2D eigenvalue weighted by Crippen LogP contribution is -2.14. The minimum Gasteiger partial charge on any atom is -0.360 e. The molecule has 0 radical (unpaired) electrons. The van der Waals surface area contributed by atoms with Crippen molar-refractivity contribution < 1.29 is 0 Å². The zero-order valence-corrected chi connectivity index (χ0v) is 12.1. The lowest BCUT2D eigenvalue weighted by molar-refractivity contribution is 0.341. The average Bonchev–Trinajstić information content (AvgIpc) is 2.58. The molecule has 0 spiro atoms. The highest BCUT2D eigenvalue weighted by molar-refractivity contribution is 6.38. The summed E-state index contributed by atoms with van der Waals surface area (Å²) < 4.78 is 0. The lowest BCUT2D eigenvalue weighted by atomic mass is 9.78. The van der Waals surface area contributed by atoms with Gasteiger partial charge in [-0.1, -0.05) is 50.9 Å². The summed E-state index contributed by atoms with van der Waals surface area (Å²) in [6, 6.07) is 3.75. The second-order valence-electron chi connectivity index (χ2n) is 5.64. The number of rotatable bonds is 1. The molecule has 0 saturated carbocycles. The van der Waals surface area contributed by atoms with Crippen LogP contribution in [0.25, 0.3) is 10.9 Å². The molecule has 0 bridgehead atoms. The van der Waals surface area contributed by atoms with E-state index in [1.165, 1.54) is 5.56 Å². The van der Waals surface area contributed by atoms with Crippen molar-refractivity contribution in [2.75, 3.05) is 0 Å². The molecule has 1 N–H and O–H groups in total. The first kappa shape index (κ1) is 12.8. The van der Waals surface area contributed by atoms with Crippen LogP contribution in [0.5, 0.6) is 0 Å². The van der Waals surface area contributed by atoms with Crippen LogP contribution in [0.4, 0.5) is 0 Å². The second kappa shape index (κ2) is 4.22. The zero-order valence-electron chi connectivity index (χ0n) is 10.6. The number of nitrogens with one attached hydrogen (secondary N) is 1. The molecule has 2 rings (SSSR count). The maximum absolute atomic E-state index is 6.18. The Hall–Kier alpha value is -0.660. The molecule has 1 heterocycles. The van der Waals surface area contributed by atoms with Gasteiger partial charge in [-0.05, 0) is 29.0 Å². The van der Waals surface area contributed by atoms with Crippen LogP contribution in [0.3, 0.4) is 0 Å². The molecule has 0 aliphatic rings. The van der Waals surface area contributed by atoms with E-state index in [9.17, 15) is 0 Å². The van der Waals surface area contributed by atoms with Crippen LogP contribution in [0.15, 0.2) is 18.3 Å². The van der Waals surface area contributed by atoms with E-state index in [-0.39, 0.29) is 5.41 Å². The SMILES string of the molecule is CC(c1c[nH]c2c(Cl)cc(Cl)cc12)C(C)(C)C. The van der Waals surface area contributed by atoms with Gasteiger partial charge in [-0.3, -0.25) is 0 Å². The summed E-state index contributed by atoms with van der Waals surface area (Å²) in [5, 5.41) is 2.49. The third-order valence-corrected chi connectivity index (χ3v) is 4.02. The number of hydrogen-bond donors (Lipinski definition) is 1. The van der Waals surface area contributed by atoms with E-state index in [4.69, 9.17) is 23.2 Å². The summed E-state index contributed by atoms with van der Waals surface area (Å²) in [5.41, 5.74) is 2.46. The van der Waals surface area contributed by atoms with Crippen molar-refractivity contribution in [2.45, 2.75) is 33.6 Å². The number of aromatic amines is 1. The van der Waals surface area contributed by atoms with E-state index < -0.39 is 0 Å². The highest BCUT2D eigenvalue weighted by Crippen LogP contribution is 2.40. The zero-order chi connectivity index (χ0) is 12.8. The van der Waals surface area contributed by atoms with Gasteiger partial charge in [0.25, 0.3) is 0 Å². The minimum atomic E-state index is 0.212. The van der Waals surface area contributed by atoms with Gasteiger partial charge in [0.1, 0.15) is 0 Å². The molecule has 1 atom stereocenters.